The van der Waals surface area contributed by atoms with Gasteiger partial charge in [0, 0.05) is 34.6 Å². The summed E-state index contributed by atoms with van der Waals surface area (Å²) >= 11 is 11.8. The zero-order valence-electron chi connectivity index (χ0n) is 22.3. The molecule has 2 N–H and O–H groups in total. The highest BCUT2D eigenvalue weighted by Crippen LogP contribution is 2.38. The molecule has 1 atom stereocenters. The molecule has 2 aliphatic heterocycles. The van der Waals surface area contributed by atoms with E-state index in [0.717, 1.165) is 0 Å². The van der Waals surface area contributed by atoms with Gasteiger partial charge >= 0.3 is 0 Å². The zero-order valence-corrected chi connectivity index (χ0v) is 23.9. The summed E-state index contributed by atoms with van der Waals surface area (Å²) < 4.78 is 41.8. The van der Waals surface area contributed by atoms with Gasteiger partial charge < -0.3 is 19.7 Å². The van der Waals surface area contributed by atoms with Crippen LogP contribution in [0.4, 0.5) is 20.3 Å². The number of halogens is 4. The number of hydrogen-bond donors (Lipinski definition) is 2. The highest BCUT2D eigenvalue weighted by Gasteiger charge is 2.40. The summed E-state index contributed by atoms with van der Waals surface area (Å²) in [5.41, 5.74) is 0.951. The van der Waals surface area contributed by atoms with Gasteiger partial charge in [-0.05, 0) is 30.7 Å². The van der Waals surface area contributed by atoms with Gasteiger partial charge in [-0.1, -0.05) is 29.3 Å². The maximum absolute atomic E-state index is 15.7. The van der Waals surface area contributed by atoms with Crippen LogP contribution in [0.2, 0.25) is 10.0 Å². The Balaban J connectivity index is 1.26. The summed E-state index contributed by atoms with van der Waals surface area (Å²) in [5.74, 6) is -2.09. The average molecular weight is 628 g/mol. The number of methoxy groups -OCH3 is 1. The maximum atomic E-state index is 15.7. The van der Waals surface area contributed by atoms with Crippen molar-refractivity contribution in [1.82, 2.24) is 20.2 Å². The number of ether oxygens (including phenoxy) is 2. The lowest BCUT2D eigenvalue weighted by atomic mass is 10.0. The molecule has 1 saturated heterocycles. The number of fused-ring (bicyclic) bond motifs is 2. The molecule has 220 valence electrons. The van der Waals surface area contributed by atoms with E-state index in [9.17, 15) is 18.8 Å². The van der Waals surface area contributed by atoms with Crippen LogP contribution in [0.1, 0.15) is 34.3 Å². The van der Waals surface area contributed by atoms with Crippen LogP contribution < -0.4 is 20.1 Å². The Morgan fingerprint density at radius 3 is 2.65 bits per heavy atom. The van der Waals surface area contributed by atoms with Crippen molar-refractivity contribution in [2.24, 2.45) is 0 Å². The van der Waals surface area contributed by atoms with Gasteiger partial charge in [-0.15, -0.1) is 0 Å². The van der Waals surface area contributed by atoms with E-state index in [0.29, 0.717) is 16.7 Å². The Labute approximate surface area is 252 Å². The minimum atomic E-state index is -0.860. The number of benzene rings is 3. The number of carbonyl (C=O) groups is 3. The first-order chi connectivity index (χ1) is 20.7. The predicted molar refractivity (Wildman–Crippen MR) is 153 cm³/mol. The molecule has 6 rings (SSSR count). The fourth-order valence-corrected chi connectivity index (χ4v) is 5.42. The fourth-order valence-electron chi connectivity index (χ4n) is 5.11. The summed E-state index contributed by atoms with van der Waals surface area (Å²) in [7, 11) is 1.44. The molecule has 3 heterocycles. The Kier molecular flexibility index (Phi) is 7.49. The van der Waals surface area contributed by atoms with Gasteiger partial charge in [0.1, 0.15) is 30.6 Å². The van der Waals surface area contributed by atoms with Crippen LogP contribution in [-0.2, 0) is 22.7 Å². The first kappa shape index (κ1) is 28.6. The molecular formula is C29H21Cl2F2N5O5. The molecule has 1 fully saturated rings. The van der Waals surface area contributed by atoms with Crippen LogP contribution in [0.3, 0.4) is 0 Å². The Bertz CT molecular complexity index is 1840. The van der Waals surface area contributed by atoms with Crippen molar-refractivity contribution in [2.75, 3.05) is 12.4 Å². The number of nitrogens with one attached hydrogen (secondary N) is 2. The molecule has 10 nitrogen and oxygen atoms in total. The molecule has 3 amide bonds. The molecule has 1 aromatic heterocycles. The second-order valence-corrected chi connectivity index (χ2v) is 10.6. The van der Waals surface area contributed by atoms with Gasteiger partial charge in [0.2, 0.25) is 11.8 Å². The number of hydrogen-bond acceptors (Lipinski definition) is 8. The third-order valence-electron chi connectivity index (χ3n) is 7.32. The van der Waals surface area contributed by atoms with Gasteiger partial charge in [0.15, 0.2) is 17.3 Å². The van der Waals surface area contributed by atoms with Gasteiger partial charge in [0.05, 0.1) is 34.9 Å². The SMILES string of the molecule is COc1cc2ncnc(Nc3ccc(Cl)c(Cl)c3F)c2cc1OCc1ccc2c(c1F)CN(C1CCC(=O)NC1=O)C2=O. The largest absolute Gasteiger partial charge is 0.493 e. The van der Waals surface area contributed by atoms with Crippen molar-refractivity contribution >= 4 is 63.3 Å². The maximum Gasteiger partial charge on any atom is 0.255 e. The third-order valence-corrected chi connectivity index (χ3v) is 8.10. The Morgan fingerprint density at radius 1 is 1.07 bits per heavy atom. The smallest absolute Gasteiger partial charge is 0.255 e. The molecule has 3 aromatic carbocycles. The van der Waals surface area contributed by atoms with Gasteiger partial charge in [-0.2, -0.15) is 0 Å². The van der Waals surface area contributed by atoms with E-state index >= 15 is 4.39 Å². The number of piperidine rings is 1. The van der Waals surface area contributed by atoms with Crippen LogP contribution >= 0.6 is 23.2 Å². The van der Waals surface area contributed by atoms with E-state index < -0.39 is 35.4 Å². The van der Waals surface area contributed by atoms with Crippen molar-refractivity contribution < 1.29 is 32.6 Å². The minimum Gasteiger partial charge on any atom is -0.493 e. The molecule has 0 spiro atoms. The first-order valence-corrected chi connectivity index (χ1v) is 13.7. The average Bonchev–Trinajstić information content (AvgIpc) is 3.33. The van der Waals surface area contributed by atoms with Crippen LogP contribution in [0.15, 0.2) is 42.7 Å². The van der Waals surface area contributed by atoms with Crippen LogP contribution in [-0.4, -0.2) is 45.7 Å². The molecule has 4 aromatic rings. The molecule has 1 unspecified atom stereocenters. The van der Waals surface area contributed by atoms with Crippen molar-refractivity contribution in [2.45, 2.75) is 32.0 Å². The lowest BCUT2D eigenvalue weighted by Gasteiger charge is -2.29. The van der Waals surface area contributed by atoms with Gasteiger partial charge in [-0.25, -0.2) is 18.7 Å². The number of carbonyl (C=O) groups excluding carboxylic acids is 3. The third kappa shape index (κ3) is 5.17. The second kappa shape index (κ2) is 11.3. The normalized spacial score (nSPS) is 16.3. The Hall–Kier alpha value is -4.55. The number of imide groups is 1. The fraction of sp³-hybridized carbons (Fsp3) is 0.207. The van der Waals surface area contributed by atoms with Crippen molar-refractivity contribution in [1.29, 1.82) is 0 Å². The van der Waals surface area contributed by atoms with E-state index in [1.54, 1.807) is 12.1 Å². The topological polar surface area (TPSA) is 123 Å². The van der Waals surface area contributed by atoms with E-state index in [-0.39, 0.29) is 70.0 Å². The minimum absolute atomic E-state index is 0.0359. The van der Waals surface area contributed by atoms with Crippen molar-refractivity contribution in [3.63, 3.8) is 0 Å². The molecular weight excluding hydrogens is 607 g/mol. The summed E-state index contributed by atoms with van der Waals surface area (Å²) in [5, 5.41) is 5.38. The Morgan fingerprint density at radius 2 is 1.88 bits per heavy atom. The second-order valence-electron chi connectivity index (χ2n) is 9.84. The number of anilines is 2. The van der Waals surface area contributed by atoms with E-state index in [1.807, 2.05) is 0 Å². The predicted octanol–water partition coefficient (Wildman–Crippen LogP) is 5.31. The number of rotatable bonds is 7. The van der Waals surface area contributed by atoms with Gasteiger partial charge in [-0.3, -0.25) is 19.7 Å². The van der Waals surface area contributed by atoms with Crippen molar-refractivity contribution in [3.05, 3.63) is 81.1 Å². The van der Waals surface area contributed by atoms with Crippen molar-refractivity contribution in [3.8, 4) is 11.5 Å². The van der Waals surface area contributed by atoms with Crippen LogP contribution in [0.5, 0.6) is 11.5 Å². The molecule has 0 aliphatic carbocycles. The van der Waals surface area contributed by atoms with E-state index in [1.165, 1.54) is 42.6 Å². The highest BCUT2D eigenvalue weighted by atomic mass is 35.5. The summed E-state index contributed by atoms with van der Waals surface area (Å²) in [6.07, 6.45) is 1.55. The van der Waals surface area contributed by atoms with Crippen LogP contribution in [0, 0.1) is 11.6 Å². The zero-order chi connectivity index (χ0) is 30.4. The molecule has 43 heavy (non-hydrogen) atoms. The monoisotopic (exact) mass is 627 g/mol. The standard InChI is InChI=1S/C29H21Cl2F2N5O5/c1-42-21-9-19-15(27(35-12-34-19)36-18-5-4-17(30)24(31)26(18)33)8-22(21)43-11-13-2-3-14-16(25(13)32)10-38(29(14)41)20-6-7-23(39)37-28(20)40/h2-5,8-9,12,20H,6-7,10-11H2,1H3,(H,34,35,36)(H,37,39,40). The molecule has 0 saturated carbocycles. The summed E-state index contributed by atoms with van der Waals surface area (Å²) in [6.45, 7) is -0.345. The number of nitrogens with zero attached hydrogens (tertiary/aromatic N) is 3. The number of aromatic nitrogens is 2. The summed E-state index contributed by atoms with van der Waals surface area (Å²) in [4.78, 5) is 46.6. The van der Waals surface area contributed by atoms with E-state index in [2.05, 4.69) is 20.6 Å². The molecule has 0 bridgehead atoms. The van der Waals surface area contributed by atoms with Crippen LogP contribution in [0.25, 0.3) is 10.9 Å². The molecule has 14 heteroatoms. The lowest BCUT2D eigenvalue weighted by molar-refractivity contribution is -0.136. The van der Waals surface area contributed by atoms with Gasteiger partial charge in [0.25, 0.3) is 5.91 Å². The molecule has 2 aliphatic rings. The number of amides is 3. The quantitative estimate of drug-likeness (QED) is 0.209. The highest BCUT2D eigenvalue weighted by molar-refractivity contribution is 6.42. The lowest BCUT2D eigenvalue weighted by Crippen LogP contribution is -2.52. The summed E-state index contributed by atoms with van der Waals surface area (Å²) in [6, 6.07) is 8.10. The van der Waals surface area contributed by atoms with E-state index in [4.69, 9.17) is 32.7 Å². The molecule has 0 radical (unpaired) electrons. The first-order valence-electron chi connectivity index (χ1n) is 13.0.